The number of likely N-dealkylation sites (N-methyl/N-ethyl adjacent to an activating group) is 1. The lowest BCUT2D eigenvalue weighted by atomic mass is 10.0. The topological polar surface area (TPSA) is 32.3 Å². The van der Waals surface area contributed by atoms with Crippen LogP contribution >= 0.6 is 11.3 Å². The van der Waals surface area contributed by atoms with Gasteiger partial charge in [-0.05, 0) is 37.9 Å². The van der Waals surface area contributed by atoms with Crippen LogP contribution in [0.25, 0.3) is 0 Å². The van der Waals surface area contributed by atoms with E-state index < -0.39 is 0 Å². The molecule has 1 aliphatic rings. The van der Waals surface area contributed by atoms with Gasteiger partial charge in [0.2, 0.25) is 0 Å². The van der Waals surface area contributed by atoms with E-state index in [-0.39, 0.29) is 5.91 Å². The Hall–Kier alpha value is -0.870. The highest BCUT2D eigenvalue weighted by Gasteiger charge is 2.19. The Kier molecular flexibility index (Phi) is 4.78. The van der Waals surface area contributed by atoms with Crippen molar-refractivity contribution in [3.05, 3.63) is 21.9 Å². The number of amides is 1. The Morgan fingerprint density at radius 1 is 1.50 bits per heavy atom. The number of hydrogen-bond acceptors (Lipinski definition) is 3. The van der Waals surface area contributed by atoms with Crippen LogP contribution in [0.5, 0.6) is 0 Å². The third kappa shape index (κ3) is 3.33. The first-order valence-corrected chi connectivity index (χ1v) is 7.60. The summed E-state index contributed by atoms with van der Waals surface area (Å²) in [6.07, 6.45) is 4.73. The summed E-state index contributed by atoms with van der Waals surface area (Å²) in [7, 11) is 1.91. The van der Waals surface area contributed by atoms with E-state index >= 15 is 0 Å². The van der Waals surface area contributed by atoms with Crippen molar-refractivity contribution in [3.63, 3.8) is 0 Å². The molecule has 0 bridgehead atoms. The second-order valence-electron chi connectivity index (χ2n) is 4.95. The SMILES string of the molecule is CCc1ccc(C(=O)N(C)CC2CCCCN2)s1. The smallest absolute Gasteiger partial charge is 0.263 e. The minimum Gasteiger partial charge on any atom is -0.339 e. The van der Waals surface area contributed by atoms with Gasteiger partial charge in [0.15, 0.2) is 0 Å². The lowest BCUT2D eigenvalue weighted by molar-refractivity contribution is 0.0780. The van der Waals surface area contributed by atoms with Gasteiger partial charge in [0.1, 0.15) is 0 Å². The Morgan fingerprint density at radius 3 is 2.94 bits per heavy atom. The lowest BCUT2D eigenvalue weighted by Crippen LogP contribution is -2.44. The summed E-state index contributed by atoms with van der Waals surface area (Å²) in [6, 6.07) is 4.49. The molecule has 1 unspecified atom stereocenters. The predicted molar refractivity (Wildman–Crippen MR) is 76.3 cm³/mol. The molecule has 0 saturated carbocycles. The molecule has 1 aromatic heterocycles. The first kappa shape index (κ1) is 13.6. The molecule has 1 N–H and O–H groups in total. The minimum absolute atomic E-state index is 0.159. The summed E-state index contributed by atoms with van der Waals surface area (Å²) in [5, 5.41) is 3.48. The fraction of sp³-hybridized carbons (Fsp3) is 0.643. The number of piperidine rings is 1. The van der Waals surface area contributed by atoms with E-state index in [4.69, 9.17) is 0 Å². The van der Waals surface area contributed by atoms with E-state index in [0.29, 0.717) is 6.04 Å². The van der Waals surface area contributed by atoms with Crippen LogP contribution in [0.2, 0.25) is 0 Å². The zero-order valence-corrected chi connectivity index (χ0v) is 12.1. The number of carbonyl (C=O) groups excluding carboxylic acids is 1. The maximum absolute atomic E-state index is 12.3. The lowest BCUT2D eigenvalue weighted by Gasteiger charge is -2.28. The first-order chi connectivity index (χ1) is 8.70. The van der Waals surface area contributed by atoms with Gasteiger partial charge >= 0.3 is 0 Å². The largest absolute Gasteiger partial charge is 0.339 e. The Labute approximate surface area is 113 Å². The van der Waals surface area contributed by atoms with Gasteiger partial charge in [-0.25, -0.2) is 0 Å². The van der Waals surface area contributed by atoms with Crippen LogP contribution in [0.1, 0.15) is 40.7 Å². The van der Waals surface area contributed by atoms with Crippen molar-refractivity contribution >= 4 is 17.2 Å². The number of nitrogens with zero attached hydrogens (tertiary/aromatic N) is 1. The maximum Gasteiger partial charge on any atom is 0.263 e. The second-order valence-corrected chi connectivity index (χ2v) is 6.12. The second kappa shape index (κ2) is 6.34. The number of carbonyl (C=O) groups is 1. The van der Waals surface area contributed by atoms with Gasteiger partial charge in [0.25, 0.3) is 5.91 Å². The molecule has 1 saturated heterocycles. The normalized spacial score (nSPS) is 19.8. The van der Waals surface area contributed by atoms with Crippen molar-refractivity contribution in [2.45, 2.75) is 38.6 Å². The Balaban J connectivity index is 1.91. The van der Waals surface area contributed by atoms with Gasteiger partial charge in [0.05, 0.1) is 4.88 Å². The molecule has 1 aromatic rings. The Bertz CT molecular complexity index is 396. The number of rotatable bonds is 4. The van der Waals surface area contributed by atoms with E-state index in [0.717, 1.165) is 24.4 Å². The van der Waals surface area contributed by atoms with Gasteiger partial charge in [-0.1, -0.05) is 13.3 Å². The van der Waals surface area contributed by atoms with Gasteiger partial charge in [-0.3, -0.25) is 4.79 Å². The van der Waals surface area contributed by atoms with Gasteiger partial charge in [-0.2, -0.15) is 0 Å². The molecule has 1 amide bonds. The molecule has 4 heteroatoms. The quantitative estimate of drug-likeness (QED) is 0.908. The molecule has 100 valence electrons. The molecule has 18 heavy (non-hydrogen) atoms. The first-order valence-electron chi connectivity index (χ1n) is 6.78. The van der Waals surface area contributed by atoms with Gasteiger partial charge in [0, 0.05) is 24.5 Å². The Morgan fingerprint density at radius 2 is 2.33 bits per heavy atom. The van der Waals surface area contributed by atoms with Crippen LogP contribution in [-0.4, -0.2) is 37.0 Å². The maximum atomic E-state index is 12.3. The van der Waals surface area contributed by atoms with E-state index in [2.05, 4.69) is 18.3 Å². The molecule has 1 aliphatic heterocycles. The molecule has 3 nitrogen and oxygen atoms in total. The van der Waals surface area contributed by atoms with Crippen molar-refractivity contribution in [1.29, 1.82) is 0 Å². The van der Waals surface area contributed by atoms with Crippen molar-refractivity contribution < 1.29 is 4.79 Å². The van der Waals surface area contributed by atoms with E-state index in [9.17, 15) is 4.79 Å². The number of thiophene rings is 1. The fourth-order valence-corrected chi connectivity index (χ4v) is 3.31. The summed E-state index contributed by atoms with van der Waals surface area (Å²) >= 11 is 1.62. The minimum atomic E-state index is 0.159. The highest BCUT2D eigenvalue weighted by atomic mass is 32.1. The van der Waals surface area contributed by atoms with Gasteiger partial charge in [-0.15, -0.1) is 11.3 Å². The van der Waals surface area contributed by atoms with Crippen LogP contribution in [0, 0.1) is 0 Å². The third-order valence-corrected chi connectivity index (χ3v) is 4.69. The monoisotopic (exact) mass is 266 g/mol. The molecule has 0 radical (unpaired) electrons. The standard InChI is InChI=1S/C14H22N2OS/c1-3-12-7-8-13(18-12)14(17)16(2)10-11-6-4-5-9-15-11/h7-8,11,15H,3-6,9-10H2,1-2H3. The molecule has 1 atom stereocenters. The van der Waals surface area contributed by atoms with Crippen molar-refractivity contribution in [2.75, 3.05) is 20.1 Å². The van der Waals surface area contributed by atoms with E-state index in [1.807, 2.05) is 18.0 Å². The summed E-state index contributed by atoms with van der Waals surface area (Å²) in [5.74, 6) is 0.159. The number of hydrogen-bond donors (Lipinski definition) is 1. The average molecular weight is 266 g/mol. The molecular formula is C14H22N2OS. The summed E-state index contributed by atoms with van der Waals surface area (Å²) < 4.78 is 0. The number of aryl methyl sites for hydroxylation is 1. The highest BCUT2D eigenvalue weighted by molar-refractivity contribution is 7.14. The molecule has 2 heterocycles. The fourth-order valence-electron chi connectivity index (χ4n) is 2.36. The van der Waals surface area contributed by atoms with Crippen molar-refractivity contribution in [2.24, 2.45) is 0 Å². The number of nitrogens with one attached hydrogen (secondary N) is 1. The predicted octanol–water partition coefficient (Wildman–Crippen LogP) is 2.52. The van der Waals surface area contributed by atoms with Crippen LogP contribution in [0.4, 0.5) is 0 Å². The van der Waals surface area contributed by atoms with Gasteiger partial charge < -0.3 is 10.2 Å². The van der Waals surface area contributed by atoms with Crippen molar-refractivity contribution in [1.82, 2.24) is 10.2 Å². The molecule has 1 fully saturated rings. The summed E-state index contributed by atoms with van der Waals surface area (Å²) in [5.41, 5.74) is 0. The van der Waals surface area contributed by atoms with Crippen molar-refractivity contribution in [3.8, 4) is 0 Å². The third-order valence-electron chi connectivity index (χ3n) is 3.47. The molecular weight excluding hydrogens is 244 g/mol. The van der Waals surface area contributed by atoms with Crippen LogP contribution in [0.15, 0.2) is 12.1 Å². The molecule has 2 rings (SSSR count). The highest BCUT2D eigenvalue weighted by Crippen LogP contribution is 2.19. The molecule has 0 aromatic carbocycles. The average Bonchev–Trinajstić information content (AvgIpc) is 2.87. The van der Waals surface area contributed by atoms with E-state index in [1.54, 1.807) is 11.3 Å². The van der Waals surface area contributed by atoms with E-state index in [1.165, 1.54) is 24.1 Å². The van der Waals surface area contributed by atoms with Crippen LogP contribution < -0.4 is 5.32 Å². The van der Waals surface area contributed by atoms with Crippen LogP contribution in [-0.2, 0) is 6.42 Å². The molecule has 0 spiro atoms. The zero-order valence-electron chi connectivity index (χ0n) is 11.2. The molecule has 0 aliphatic carbocycles. The summed E-state index contributed by atoms with van der Waals surface area (Å²) in [4.78, 5) is 16.3. The zero-order chi connectivity index (χ0) is 13.0. The summed E-state index contributed by atoms with van der Waals surface area (Å²) in [6.45, 7) is 4.03. The van der Waals surface area contributed by atoms with Crippen LogP contribution in [0.3, 0.4) is 0 Å².